The molecule has 140 valence electrons. The normalized spacial score (nSPS) is 21.0. The minimum Gasteiger partial charge on any atom is -0.459 e. The van der Waals surface area contributed by atoms with E-state index in [4.69, 9.17) is 4.42 Å². The average molecular weight is 357 g/mol. The second kappa shape index (κ2) is 8.03. The quantitative estimate of drug-likeness (QED) is 0.859. The summed E-state index contributed by atoms with van der Waals surface area (Å²) in [5.41, 5.74) is 0. The molecule has 0 radical (unpaired) electrons. The van der Waals surface area contributed by atoms with Crippen molar-refractivity contribution >= 4 is 5.91 Å². The Morgan fingerprint density at radius 1 is 1.23 bits per heavy atom. The highest BCUT2D eigenvalue weighted by atomic mass is 16.3. The van der Waals surface area contributed by atoms with Crippen molar-refractivity contribution in [2.24, 2.45) is 5.92 Å². The fourth-order valence-corrected chi connectivity index (χ4v) is 4.33. The van der Waals surface area contributed by atoms with E-state index in [0.29, 0.717) is 17.7 Å². The van der Waals surface area contributed by atoms with Gasteiger partial charge in [0.05, 0.1) is 12.3 Å². The number of hydrogen-bond donors (Lipinski definition) is 2. The number of aromatic amines is 1. The first-order valence-corrected chi connectivity index (χ1v) is 9.75. The smallest absolute Gasteiger partial charge is 0.289 e. The Balaban J connectivity index is 1.36. The second-order valence-corrected chi connectivity index (χ2v) is 7.46. The molecule has 1 aliphatic carbocycles. The molecule has 4 rings (SSSR count). The van der Waals surface area contributed by atoms with Crippen LogP contribution in [0, 0.1) is 5.92 Å². The number of nitrogens with one attached hydrogen (secondary N) is 2. The van der Waals surface area contributed by atoms with Gasteiger partial charge in [0, 0.05) is 19.1 Å². The van der Waals surface area contributed by atoms with Crippen LogP contribution in [0.15, 0.2) is 29.1 Å². The zero-order valence-electron chi connectivity index (χ0n) is 15.1. The van der Waals surface area contributed by atoms with Crippen molar-refractivity contribution < 1.29 is 9.21 Å². The number of rotatable bonds is 5. The van der Waals surface area contributed by atoms with Gasteiger partial charge in [-0.05, 0) is 43.7 Å². The summed E-state index contributed by atoms with van der Waals surface area (Å²) in [5, 5.41) is 11.0. The van der Waals surface area contributed by atoms with Gasteiger partial charge >= 0.3 is 0 Å². The summed E-state index contributed by atoms with van der Waals surface area (Å²) in [6.45, 7) is 1.51. The second-order valence-electron chi connectivity index (χ2n) is 7.46. The van der Waals surface area contributed by atoms with E-state index in [0.717, 1.165) is 31.8 Å². The van der Waals surface area contributed by atoms with Crippen molar-refractivity contribution in [1.82, 2.24) is 25.4 Å². The topological polar surface area (TPSA) is 87.1 Å². The van der Waals surface area contributed by atoms with Crippen molar-refractivity contribution in [2.75, 3.05) is 13.1 Å². The number of carbonyl (C=O) groups is 1. The van der Waals surface area contributed by atoms with Crippen LogP contribution in [0.3, 0.4) is 0 Å². The molecule has 0 aromatic carbocycles. The van der Waals surface area contributed by atoms with Crippen LogP contribution in [0.5, 0.6) is 0 Å². The summed E-state index contributed by atoms with van der Waals surface area (Å²) in [7, 11) is 0. The molecule has 1 aliphatic heterocycles. The third-order valence-electron chi connectivity index (χ3n) is 5.78. The number of hydrogen-bond acceptors (Lipinski definition) is 5. The van der Waals surface area contributed by atoms with Crippen LogP contribution in [0.1, 0.15) is 67.4 Å². The maximum Gasteiger partial charge on any atom is 0.289 e. The Morgan fingerprint density at radius 2 is 2.04 bits per heavy atom. The highest BCUT2D eigenvalue weighted by Crippen LogP contribution is 2.34. The van der Waals surface area contributed by atoms with E-state index in [9.17, 15) is 4.79 Å². The number of aromatic nitrogens is 3. The standard InChI is InChI=1S/C19H27N5O2/c25-19(16-7-4-12-26-16)24-10-8-15(9-11-24)22-17(18-20-13-21-23-18)14-5-2-1-3-6-14/h4,7,12-15,17,22H,1-3,5-6,8-11H2,(H,20,21,23). The highest BCUT2D eigenvalue weighted by molar-refractivity contribution is 5.91. The molecule has 2 aromatic heterocycles. The fourth-order valence-electron chi connectivity index (χ4n) is 4.33. The zero-order valence-corrected chi connectivity index (χ0v) is 15.1. The first-order valence-electron chi connectivity index (χ1n) is 9.75. The zero-order chi connectivity index (χ0) is 17.8. The van der Waals surface area contributed by atoms with Crippen molar-refractivity contribution in [3.63, 3.8) is 0 Å². The lowest BCUT2D eigenvalue weighted by atomic mass is 9.83. The third-order valence-corrected chi connectivity index (χ3v) is 5.78. The molecular formula is C19H27N5O2. The largest absolute Gasteiger partial charge is 0.459 e. The number of H-pyrrole nitrogens is 1. The molecule has 1 saturated carbocycles. The molecule has 2 aliphatic rings. The number of amides is 1. The van der Waals surface area contributed by atoms with Gasteiger partial charge in [0.2, 0.25) is 0 Å². The molecule has 2 aromatic rings. The van der Waals surface area contributed by atoms with Gasteiger partial charge in [-0.2, -0.15) is 5.10 Å². The van der Waals surface area contributed by atoms with Crippen LogP contribution in [-0.2, 0) is 0 Å². The van der Waals surface area contributed by atoms with E-state index in [-0.39, 0.29) is 11.9 Å². The molecule has 0 spiro atoms. The molecule has 1 unspecified atom stereocenters. The van der Waals surface area contributed by atoms with E-state index in [1.807, 2.05) is 4.90 Å². The predicted octanol–water partition coefficient (Wildman–Crippen LogP) is 2.91. The summed E-state index contributed by atoms with van der Waals surface area (Å²) >= 11 is 0. The minimum atomic E-state index is -0.00693. The number of carbonyl (C=O) groups excluding carboxylic acids is 1. The van der Waals surface area contributed by atoms with Gasteiger partial charge < -0.3 is 14.6 Å². The van der Waals surface area contributed by atoms with Crippen LogP contribution in [0.4, 0.5) is 0 Å². The number of piperidine rings is 1. The van der Waals surface area contributed by atoms with Crippen LogP contribution in [0.2, 0.25) is 0 Å². The van der Waals surface area contributed by atoms with Crippen LogP contribution >= 0.6 is 0 Å². The first-order chi connectivity index (χ1) is 12.8. The van der Waals surface area contributed by atoms with Gasteiger partial charge in [0.15, 0.2) is 5.76 Å². The Kier molecular flexibility index (Phi) is 5.34. The average Bonchev–Trinajstić information content (AvgIpc) is 3.41. The van der Waals surface area contributed by atoms with E-state index in [2.05, 4.69) is 20.5 Å². The van der Waals surface area contributed by atoms with Gasteiger partial charge in [-0.3, -0.25) is 9.89 Å². The summed E-state index contributed by atoms with van der Waals surface area (Å²) in [5.74, 6) is 1.98. The molecule has 1 amide bonds. The Morgan fingerprint density at radius 3 is 2.69 bits per heavy atom. The van der Waals surface area contributed by atoms with E-state index in [1.165, 1.54) is 32.1 Å². The molecule has 26 heavy (non-hydrogen) atoms. The number of furan rings is 1. The van der Waals surface area contributed by atoms with Crippen molar-refractivity contribution in [3.05, 3.63) is 36.3 Å². The summed E-state index contributed by atoms with van der Waals surface area (Å²) in [6, 6.07) is 4.12. The lowest BCUT2D eigenvalue weighted by molar-refractivity contribution is 0.0663. The first kappa shape index (κ1) is 17.3. The Bertz CT molecular complexity index is 671. The minimum absolute atomic E-state index is 0.00693. The predicted molar refractivity (Wildman–Crippen MR) is 96.5 cm³/mol. The number of likely N-dealkylation sites (tertiary alicyclic amines) is 1. The van der Waals surface area contributed by atoms with Gasteiger partial charge in [-0.25, -0.2) is 4.98 Å². The summed E-state index contributed by atoms with van der Waals surface area (Å²) in [4.78, 5) is 18.7. The molecule has 1 saturated heterocycles. The fraction of sp³-hybridized carbons (Fsp3) is 0.632. The Hall–Kier alpha value is -2.15. The summed E-state index contributed by atoms with van der Waals surface area (Å²) < 4.78 is 5.24. The SMILES string of the molecule is O=C(c1ccco1)N1CCC(NC(c2ncn[nH]2)C2CCCCC2)CC1. The van der Waals surface area contributed by atoms with E-state index in [1.54, 1.807) is 24.7 Å². The summed E-state index contributed by atoms with van der Waals surface area (Å²) in [6.07, 6.45) is 11.5. The molecule has 2 N–H and O–H groups in total. The maximum absolute atomic E-state index is 12.4. The molecule has 2 fully saturated rings. The van der Waals surface area contributed by atoms with Crippen molar-refractivity contribution in [1.29, 1.82) is 0 Å². The van der Waals surface area contributed by atoms with Crippen LogP contribution < -0.4 is 5.32 Å². The highest BCUT2D eigenvalue weighted by Gasteiger charge is 2.31. The van der Waals surface area contributed by atoms with Crippen molar-refractivity contribution in [2.45, 2.75) is 57.0 Å². The van der Waals surface area contributed by atoms with Gasteiger partial charge in [-0.1, -0.05) is 19.3 Å². The molecule has 7 nitrogen and oxygen atoms in total. The van der Waals surface area contributed by atoms with Gasteiger partial charge in [0.25, 0.3) is 5.91 Å². The van der Waals surface area contributed by atoms with Gasteiger partial charge in [0.1, 0.15) is 12.2 Å². The molecule has 3 heterocycles. The molecule has 7 heteroatoms. The molecule has 1 atom stereocenters. The van der Waals surface area contributed by atoms with Crippen LogP contribution in [0.25, 0.3) is 0 Å². The lowest BCUT2D eigenvalue weighted by Gasteiger charge is -2.37. The third kappa shape index (κ3) is 3.82. The monoisotopic (exact) mass is 357 g/mol. The molecular weight excluding hydrogens is 330 g/mol. The van der Waals surface area contributed by atoms with Gasteiger partial charge in [-0.15, -0.1) is 0 Å². The lowest BCUT2D eigenvalue weighted by Crippen LogP contribution is -2.47. The van der Waals surface area contributed by atoms with Crippen LogP contribution in [-0.4, -0.2) is 45.1 Å². The van der Waals surface area contributed by atoms with E-state index >= 15 is 0 Å². The van der Waals surface area contributed by atoms with E-state index < -0.39 is 0 Å². The molecule has 0 bridgehead atoms. The Labute approximate surface area is 153 Å². The van der Waals surface area contributed by atoms with Crippen molar-refractivity contribution in [3.8, 4) is 0 Å². The number of nitrogens with zero attached hydrogens (tertiary/aromatic N) is 3. The maximum atomic E-state index is 12.4.